The average molecular weight is 308 g/mol. The zero-order valence-electron chi connectivity index (χ0n) is 13.0. The van der Waals surface area contributed by atoms with E-state index < -0.39 is 5.97 Å². The molecule has 1 aliphatic carbocycles. The molecular formula is C15H24N4O3. The molecule has 1 fully saturated rings. The van der Waals surface area contributed by atoms with Gasteiger partial charge in [0.05, 0.1) is 6.04 Å². The van der Waals surface area contributed by atoms with Crippen LogP contribution in [-0.2, 0) is 4.79 Å². The summed E-state index contributed by atoms with van der Waals surface area (Å²) in [6.45, 7) is 2.33. The Bertz CT molecular complexity index is 521. The number of rotatable bonds is 6. The number of aryl methyl sites for hydroxylation is 1. The Morgan fingerprint density at radius 2 is 2.09 bits per heavy atom. The fourth-order valence-electron chi connectivity index (χ4n) is 2.85. The number of carboxylic acid groups (broad SMARTS) is 1. The molecular weight excluding hydrogens is 284 g/mol. The first-order valence-corrected chi connectivity index (χ1v) is 7.89. The number of urea groups is 1. The smallest absolute Gasteiger partial charge is 0.320 e. The van der Waals surface area contributed by atoms with E-state index in [1.807, 2.05) is 17.7 Å². The molecule has 1 aliphatic rings. The summed E-state index contributed by atoms with van der Waals surface area (Å²) < 4.78 is 2.01. The SMILES string of the molecule is Cc1cc(NC(=O)NCCCC(=O)O)nn1C1CCCCC1. The first kappa shape index (κ1) is 16.3. The first-order valence-electron chi connectivity index (χ1n) is 7.89. The van der Waals surface area contributed by atoms with Crippen molar-refractivity contribution in [2.75, 3.05) is 11.9 Å². The van der Waals surface area contributed by atoms with E-state index in [9.17, 15) is 9.59 Å². The standard InChI is InChI=1S/C15H24N4O3/c1-11-10-13(17-15(22)16-9-5-8-14(20)21)18-19(11)12-6-3-2-4-7-12/h10,12H,2-9H2,1H3,(H,20,21)(H2,16,17,18,22). The number of carboxylic acids is 1. The summed E-state index contributed by atoms with van der Waals surface area (Å²) in [5.74, 6) is -0.317. The number of carbonyl (C=O) groups is 2. The molecule has 2 rings (SSSR count). The van der Waals surface area contributed by atoms with Gasteiger partial charge in [0, 0.05) is 24.7 Å². The molecule has 3 N–H and O–H groups in total. The van der Waals surface area contributed by atoms with Crippen LogP contribution in [0.25, 0.3) is 0 Å². The van der Waals surface area contributed by atoms with Crippen molar-refractivity contribution < 1.29 is 14.7 Å². The maximum atomic E-state index is 11.7. The second-order valence-corrected chi connectivity index (χ2v) is 5.79. The van der Waals surface area contributed by atoms with Gasteiger partial charge in [-0.1, -0.05) is 19.3 Å². The number of aliphatic carboxylic acids is 1. The predicted molar refractivity (Wildman–Crippen MR) is 83.0 cm³/mol. The van der Waals surface area contributed by atoms with Gasteiger partial charge in [0.2, 0.25) is 0 Å². The molecule has 0 aromatic carbocycles. The number of nitrogens with one attached hydrogen (secondary N) is 2. The number of hydrogen-bond donors (Lipinski definition) is 3. The van der Waals surface area contributed by atoms with E-state index in [-0.39, 0.29) is 12.5 Å². The molecule has 0 bridgehead atoms. The monoisotopic (exact) mass is 308 g/mol. The summed E-state index contributed by atoms with van der Waals surface area (Å²) in [5, 5.41) is 18.3. The number of aromatic nitrogens is 2. The molecule has 0 unspecified atom stereocenters. The number of carbonyl (C=O) groups excluding carboxylic acids is 1. The third kappa shape index (κ3) is 4.75. The number of hydrogen-bond acceptors (Lipinski definition) is 3. The van der Waals surface area contributed by atoms with E-state index in [1.54, 1.807) is 0 Å². The van der Waals surface area contributed by atoms with Crippen molar-refractivity contribution in [2.45, 2.75) is 57.9 Å². The van der Waals surface area contributed by atoms with Crippen molar-refractivity contribution in [2.24, 2.45) is 0 Å². The molecule has 1 heterocycles. The summed E-state index contributed by atoms with van der Waals surface area (Å²) in [7, 11) is 0. The Labute approximate surface area is 130 Å². The van der Waals surface area contributed by atoms with Gasteiger partial charge in [-0.25, -0.2) is 4.79 Å². The molecule has 1 aromatic rings. The molecule has 2 amide bonds. The van der Waals surface area contributed by atoms with Crippen molar-refractivity contribution >= 4 is 17.8 Å². The summed E-state index contributed by atoms with van der Waals surface area (Å²) >= 11 is 0. The maximum Gasteiger partial charge on any atom is 0.320 e. The minimum Gasteiger partial charge on any atom is -0.481 e. The normalized spacial score (nSPS) is 15.5. The van der Waals surface area contributed by atoms with E-state index in [4.69, 9.17) is 5.11 Å². The van der Waals surface area contributed by atoms with Crippen LogP contribution in [0.5, 0.6) is 0 Å². The third-order valence-electron chi connectivity index (χ3n) is 3.94. The lowest BCUT2D eigenvalue weighted by atomic mass is 9.95. The zero-order chi connectivity index (χ0) is 15.9. The Morgan fingerprint density at radius 1 is 1.36 bits per heavy atom. The Balaban J connectivity index is 1.82. The molecule has 7 nitrogen and oxygen atoms in total. The first-order chi connectivity index (χ1) is 10.6. The van der Waals surface area contributed by atoms with E-state index in [0.717, 1.165) is 18.5 Å². The lowest BCUT2D eigenvalue weighted by Gasteiger charge is -2.23. The molecule has 122 valence electrons. The molecule has 0 aliphatic heterocycles. The number of nitrogens with zero attached hydrogens (tertiary/aromatic N) is 2. The molecule has 1 saturated carbocycles. The van der Waals surface area contributed by atoms with Crippen LogP contribution in [0.3, 0.4) is 0 Å². The van der Waals surface area contributed by atoms with E-state index in [1.165, 1.54) is 19.3 Å². The molecule has 0 atom stereocenters. The molecule has 7 heteroatoms. The highest BCUT2D eigenvalue weighted by Crippen LogP contribution is 2.29. The van der Waals surface area contributed by atoms with Crippen molar-refractivity contribution in [3.63, 3.8) is 0 Å². The Hall–Kier alpha value is -2.05. The fourth-order valence-corrected chi connectivity index (χ4v) is 2.85. The minimum absolute atomic E-state index is 0.0513. The summed E-state index contributed by atoms with van der Waals surface area (Å²) in [5.41, 5.74) is 1.05. The summed E-state index contributed by atoms with van der Waals surface area (Å²) in [6, 6.07) is 1.95. The van der Waals surface area contributed by atoms with Gasteiger partial charge in [-0.2, -0.15) is 5.10 Å². The van der Waals surface area contributed by atoms with Gasteiger partial charge in [0.25, 0.3) is 0 Å². The number of anilines is 1. The largest absolute Gasteiger partial charge is 0.481 e. The topological polar surface area (TPSA) is 96.2 Å². The van der Waals surface area contributed by atoms with Gasteiger partial charge in [-0.05, 0) is 26.2 Å². The highest BCUT2D eigenvalue weighted by Gasteiger charge is 2.18. The summed E-state index contributed by atoms with van der Waals surface area (Å²) in [6.07, 6.45) is 6.51. The second kappa shape index (κ2) is 7.82. The predicted octanol–water partition coefficient (Wildman–Crippen LogP) is 2.68. The third-order valence-corrected chi connectivity index (χ3v) is 3.94. The van der Waals surface area contributed by atoms with Crippen LogP contribution < -0.4 is 10.6 Å². The minimum atomic E-state index is -0.857. The maximum absolute atomic E-state index is 11.7. The van der Waals surface area contributed by atoms with Gasteiger partial charge in [-0.15, -0.1) is 0 Å². The lowest BCUT2D eigenvalue weighted by Crippen LogP contribution is -2.30. The van der Waals surface area contributed by atoms with Gasteiger partial charge in [0.15, 0.2) is 5.82 Å². The van der Waals surface area contributed by atoms with Gasteiger partial charge < -0.3 is 10.4 Å². The van der Waals surface area contributed by atoms with E-state index >= 15 is 0 Å². The molecule has 0 radical (unpaired) electrons. The highest BCUT2D eigenvalue weighted by molar-refractivity contribution is 5.88. The lowest BCUT2D eigenvalue weighted by molar-refractivity contribution is -0.137. The number of amides is 2. The fraction of sp³-hybridized carbons (Fsp3) is 0.667. The second-order valence-electron chi connectivity index (χ2n) is 5.79. The van der Waals surface area contributed by atoms with Crippen molar-refractivity contribution in [1.29, 1.82) is 0 Å². The van der Waals surface area contributed by atoms with Crippen molar-refractivity contribution in [1.82, 2.24) is 15.1 Å². The van der Waals surface area contributed by atoms with Crippen LogP contribution >= 0.6 is 0 Å². The van der Waals surface area contributed by atoms with Crippen molar-refractivity contribution in [3.05, 3.63) is 11.8 Å². The molecule has 1 aromatic heterocycles. The van der Waals surface area contributed by atoms with E-state index in [2.05, 4.69) is 15.7 Å². The van der Waals surface area contributed by atoms with Crippen LogP contribution in [0.15, 0.2) is 6.07 Å². The molecule has 0 saturated heterocycles. The van der Waals surface area contributed by atoms with Gasteiger partial charge in [0.1, 0.15) is 0 Å². The zero-order valence-corrected chi connectivity index (χ0v) is 13.0. The van der Waals surface area contributed by atoms with Crippen LogP contribution in [0, 0.1) is 6.92 Å². The summed E-state index contributed by atoms with van der Waals surface area (Å²) in [4.78, 5) is 22.1. The van der Waals surface area contributed by atoms with Crippen LogP contribution in [0.1, 0.15) is 56.7 Å². The van der Waals surface area contributed by atoms with Gasteiger partial charge >= 0.3 is 12.0 Å². The quantitative estimate of drug-likeness (QED) is 0.704. The average Bonchev–Trinajstić information content (AvgIpc) is 2.85. The van der Waals surface area contributed by atoms with Gasteiger partial charge in [-0.3, -0.25) is 14.8 Å². The molecule has 22 heavy (non-hydrogen) atoms. The Morgan fingerprint density at radius 3 is 2.77 bits per heavy atom. The van der Waals surface area contributed by atoms with E-state index in [0.29, 0.717) is 24.8 Å². The van der Waals surface area contributed by atoms with Crippen LogP contribution in [0.4, 0.5) is 10.6 Å². The van der Waals surface area contributed by atoms with Crippen LogP contribution in [-0.4, -0.2) is 33.4 Å². The molecule has 0 spiro atoms. The Kier molecular flexibility index (Phi) is 5.80. The van der Waals surface area contributed by atoms with Crippen LogP contribution in [0.2, 0.25) is 0 Å². The highest BCUT2D eigenvalue weighted by atomic mass is 16.4. The van der Waals surface area contributed by atoms with Crippen molar-refractivity contribution in [3.8, 4) is 0 Å².